The van der Waals surface area contributed by atoms with E-state index in [4.69, 9.17) is 9.47 Å². The van der Waals surface area contributed by atoms with Crippen molar-refractivity contribution >= 4 is 34.3 Å². The van der Waals surface area contributed by atoms with Gasteiger partial charge in [0.25, 0.3) is 0 Å². The van der Waals surface area contributed by atoms with Crippen LogP contribution in [0.5, 0.6) is 11.5 Å². The molecule has 0 bridgehead atoms. The highest BCUT2D eigenvalue weighted by Gasteiger charge is 2.17. The number of hydrogen-bond donors (Lipinski definition) is 1. The zero-order valence-corrected chi connectivity index (χ0v) is 16.2. The maximum atomic E-state index is 12.3. The number of ether oxygens (including phenoxy) is 2. The summed E-state index contributed by atoms with van der Waals surface area (Å²) in [5, 5.41) is 13.7. The van der Waals surface area contributed by atoms with Gasteiger partial charge in [-0.25, -0.2) is 4.98 Å². The zero-order valence-electron chi connectivity index (χ0n) is 15.4. The fraction of sp³-hybridized carbons (Fsp3) is 0.190. The lowest BCUT2D eigenvalue weighted by molar-refractivity contribution is -0.113. The predicted molar refractivity (Wildman–Crippen MR) is 108 cm³/mol. The van der Waals surface area contributed by atoms with Crippen LogP contribution in [-0.4, -0.2) is 23.4 Å². The summed E-state index contributed by atoms with van der Waals surface area (Å²) in [5.74, 6) is 1.29. The van der Waals surface area contributed by atoms with E-state index in [1.165, 1.54) is 11.8 Å². The molecule has 2 heterocycles. The number of hydrogen-bond acceptors (Lipinski definition) is 6. The lowest BCUT2D eigenvalue weighted by Gasteiger charge is -2.09. The van der Waals surface area contributed by atoms with E-state index in [9.17, 15) is 10.1 Å². The first-order chi connectivity index (χ1) is 13.5. The summed E-state index contributed by atoms with van der Waals surface area (Å²) in [5.41, 5.74) is 4.06. The number of amides is 1. The Balaban J connectivity index is 1.53. The number of nitriles is 1. The first-order valence-electron chi connectivity index (χ1n) is 8.67. The first kappa shape index (κ1) is 18.1. The summed E-state index contributed by atoms with van der Waals surface area (Å²) >= 11 is 1.24. The van der Waals surface area contributed by atoms with Gasteiger partial charge in [-0.2, -0.15) is 5.26 Å². The Bertz CT molecular complexity index is 1120. The van der Waals surface area contributed by atoms with Crippen molar-refractivity contribution in [2.75, 3.05) is 17.9 Å². The SMILES string of the molecule is Cc1cc(C)cc(NC(=O)CSc2nc3cc4c(cc3cc2C#N)OCO4)c1. The summed E-state index contributed by atoms with van der Waals surface area (Å²) in [6.07, 6.45) is 0. The molecule has 1 N–H and O–H groups in total. The number of anilines is 1. The second-order valence-corrected chi connectivity index (χ2v) is 7.53. The highest BCUT2D eigenvalue weighted by Crippen LogP contribution is 2.37. The number of aryl methyl sites for hydroxylation is 2. The number of nitrogens with one attached hydrogen (secondary N) is 1. The third-order valence-corrected chi connectivity index (χ3v) is 5.23. The Morgan fingerprint density at radius 2 is 1.86 bits per heavy atom. The van der Waals surface area contributed by atoms with Crippen molar-refractivity contribution < 1.29 is 14.3 Å². The average molecular weight is 391 g/mol. The van der Waals surface area contributed by atoms with Gasteiger partial charge in [0.2, 0.25) is 12.7 Å². The van der Waals surface area contributed by atoms with Crippen molar-refractivity contribution in [1.29, 1.82) is 5.26 Å². The number of rotatable bonds is 4. The van der Waals surface area contributed by atoms with Gasteiger partial charge in [-0.15, -0.1) is 0 Å². The molecule has 0 radical (unpaired) electrons. The molecular formula is C21H17N3O3S. The van der Waals surface area contributed by atoms with Crippen LogP contribution in [0.2, 0.25) is 0 Å². The molecule has 2 aromatic carbocycles. The number of carbonyl (C=O) groups excluding carboxylic acids is 1. The highest BCUT2D eigenvalue weighted by molar-refractivity contribution is 8.00. The number of carbonyl (C=O) groups is 1. The van der Waals surface area contributed by atoms with E-state index in [0.717, 1.165) is 22.2 Å². The van der Waals surface area contributed by atoms with Gasteiger partial charge in [0.1, 0.15) is 11.1 Å². The fourth-order valence-corrected chi connectivity index (χ4v) is 3.88. The first-order valence-corrected chi connectivity index (χ1v) is 9.66. The van der Waals surface area contributed by atoms with Gasteiger partial charge < -0.3 is 14.8 Å². The molecule has 1 amide bonds. The maximum Gasteiger partial charge on any atom is 0.234 e. The number of pyridine rings is 1. The summed E-state index contributed by atoms with van der Waals surface area (Å²) in [6.45, 7) is 4.15. The molecule has 140 valence electrons. The molecule has 4 rings (SSSR count). The Hall–Kier alpha value is -3.24. The summed E-state index contributed by atoms with van der Waals surface area (Å²) in [4.78, 5) is 16.9. The van der Waals surface area contributed by atoms with E-state index in [1.54, 1.807) is 12.1 Å². The third-order valence-electron chi connectivity index (χ3n) is 4.24. The van der Waals surface area contributed by atoms with Crippen molar-refractivity contribution in [1.82, 2.24) is 4.98 Å². The normalized spacial score (nSPS) is 12.0. The van der Waals surface area contributed by atoms with Crippen molar-refractivity contribution in [2.45, 2.75) is 18.9 Å². The van der Waals surface area contributed by atoms with Gasteiger partial charge in [-0.1, -0.05) is 17.8 Å². The number of benzene rings is 2. The summed E-state index contributed by atoms with van der Waals surface area (Å²) < 4.78 is 10.8. The molecule has 7 heteroatoms. The van der Waals surface area contributed by atoms with Crippen molar-refractivity contribution in [3.05, 3.63) is 53.1 Å². The van der Waals surface area contributed by atoms with Crippen LogP contribution in [0.1, 0.15) is 16.7 Å². The molecule has 1 aromatic heterocycles. The number of nitrogens with zero attached hydrogens (tertiary/aromatic N) is 2. The van der Waals surface area contributed by atoms with Crippen LogP contribution < -0.4 is 14.8 Å². The minimum Gasteiger partial charge on any atom is -0.454 e. The topological polar surface area (TPSA) is 84.2 Å². The van der Waals surface area contributed by atoms with Crippen LogP contribution >= 0.6 is 11.8 Å². The second-order valence-electron chi connectivity index (χ2n) is 6.56. The van der Waals surface area contributed by atoms with Gasteiger partial charge in [-0.3, -0.25) is 4.79 Å². The van der Waals surface area contributed by atoms with E-state index < -0.39 is 0 Å². The fourth-order valence-electron chi connectivity index (χ4n) is 3.11. The van der Waals surface area contributed by atoms with Gasteiger partial charge in [0.15, 0.2) is 11.5 Å². The minimum absolute atomic E-state index is 0.147. The molecule has 1 aliphatic rings. The van der Waals surface area contributed by atoms with Gasteiger partial charge in [0, 0.05) is 17.1 Å². The highest BCUT2D eigenvalue weighted by atomic mass is 32.2. The van der Waals surface area contributed by atoms with Crippen molar-refractivity contribution in [3.63, 3.8) is 0 Å². The summed E-state index contributed by atoms with van der Waals surface area (Å²) in [7, 11) is 0. The number of fused-ring (bicyclic) bond motifs is 2. The van der Waals surface area contributed by atoms with Crippen LogP contribution in [-0.2, 0) is 4.79 Å². The lowest BCUT2D eigenvalue weighted by Crippen LogP contribution is -2.14. The molecule has 0 atom stereocenters. The van der Waals surface area contributed by atoms with E-state index in [2.05, 4.69) is 16.4 Å². The van der Waals surface area contributed by atoms with Crippen LogP contribution in [0.3, 0.4) is 0 Å². The quantitative estimate of drug-likeness (QED) is 0.672. The molecule has 3 aromatic rings. The van der Waals surface area contributed by atoms with E-state index in [1.807, 2.05) is 38.1 Å². The monoisotopic (exact) mass is 391 g/mol. The summed E-state index contributed by atoms with van der Waals surface area (Å²) in [6, 6.07) is 13.4. The number of thioether (sulfide) groups is 1. The van der Waals surface area contributed by atoms with E-state index in [0.29, 0.717) is 27.6 Å². The van der Waals surface area contributed by atoms with E-state index >= 15 is 0 Å². The van der Waals surface area contributed by atoms with Gasteiger partial charge >= 0.3 is 0 Å². The molecule has 6 nitrogen and oxygen atoms in total. The molecule has 0 spiro atoms. The Morgan fingerprint density at radius 3 is 2.57 bits per heavy atom. The molecule has 0 aliphatic carbocycles. The van der Waals surface area contributed by atoms with Crippen molar-refractivity contribution in [2.24, 2.45) is 0 Å². The van der Waals surface area contributed by atoms with Crippen LogP contribution in [0, 0.1) is 25.2 Å². The third kappa shape index (κ3) is 3.73. The largest absolute Gasteiger partial charge is 0.454 e. The molecule has 28 heavy (non-hydrogen) atoms. The Labute approximate surface area is 166 Å². The molecular weight excluding hydrogens is 374 g/mol. The lowest BCUT2D eigenvalue weighted by atomic mass is 10.1. The van der Waals surface area contributed by atoms with Crippen LogP contribution in [0.4, 0.5) is 5.69 Å². The van der Waals surface area contributed by atoms with E-state index in [-0.39, 0.29) is 18.5 Å². The van der Waals surface area contributed by atoms with Crippen molar-refractivity contribution in [3.8, 4) is 17.6 Å². The molecule has 0 saturated heterocycles. The molecule has 1 aliphatic heterocycles. The van der Waals surface area contributed by atoms with Gasteiger partial charge in [0.05, 0.1) is 16.8 Å². The Morgan fingerprint density at radius 1 is 1.14 bits per heavy atom. The van der Waals surface area contributed by atoms with Crippen LogP contribution in [0.15, 0.2) is 41.4 Å². The molecule has 0 fully saturated rings. The molecule has 0 unspecified atom stereocenters. The zero-order chi connectivity index (χ0) is 19.7. The predicted octanol–water partition coefficient (Wildman–Crippen LogP) is 4.18. The standard InChI is InChI=1S/C21H17N3O3S/c1-12-3-13(2)5-16(4-12)23-20(25)10-28-21-15(9-22)6-14-7-18-19(27-11-26-18)8-17(14)24-21/h3-8H,10-11H2,1-2H3,(H,23,25). The van der Waals surface area contributed by atoms with Gasteiger partial charge in [-0.05, 0) is 49.2 Å². The second kappa shape index (κ2) is 7.41. The molecule has 0 saturated carbocycles. The van der Waals surface area contributed by atoms with Crippen LogP contribution in [0.25, 0.3) is 10.9 Å². The Kier molecular flexibility index (Phi) is 4.80. The number of aromatic nitrogens is 1. The minimum atomic E-state index is -0.147. The average Bonchev–Trinajstić information content (AvgIpc) is 3.10. The maximum absolute atomic E-state index is 12.3. The smallest absolute Gasteiger partial charge is 0.234 e.